The number of hydrogen-bond donors (Lipinski definition) is 1. The molecule has 0 spiro atoms. The zero-order valence-electron chi connectivity index (χ0n) is 9.96. The van der Waals surface area contributed by atoms with E-state index in [9.17, 15) is 9.59 Å². The van der Waals surface area contributed by atoms with Gasteiger partial charge in [-0.3, -0.25) is 9.59 Å². The molecule has 1 N–H and O–H groups in total. The fourth-order valence-electron chi connectivity index (χ4n) is 1.96. The molecule has 1 atom stereocenters. The van der Waals surface area contributed by atoms with Crippen LogP contribution in [0.5, 0.6) is 0 Å². The molecule has 1 heterocycles. The third-order valence-electron chi connectivity index (χ3n) is 2.89. The van der Waals surface area contributed by atoms with E-state index in [0.29, 0.717) is 5.75 Å². The molecule has 2 aromatic carbocycles. The second kappa shape index (κ2) is 5.27. The Morgan fingerprint density at radius 1 is 1.11 bits per heavy atom. The summed E-state index contributed by atoms with van der Waals surface area (Å²) in [4.78, 5) is 22.5. The molecule has 3 rings (SSSR count). The minimum atomic E-state index is -0.413. The van der Waals surface area contributed by atoms with Crippen LogP contribution in [0.25, 0.3) is 10.8 Å². The highest BCUT2D eigenvalue weighted by molar-refractivity contribution is 8.28. The Bertz CT molecular complexity index is 657. The van der Waals surface area contributed by atoms with Gasteiger partial charge in [0.15, 0.2) is 0 Å². The average Bonchev–Trinajstić information content (AvgIpc) is 2.74. The molecule has 0 aromatic heterocycles. The Labute approximate surface area is 119 Å². The number of hydrogen-bond acceptors (Lipinski definition) is 4. The normalized spacial score (nSPS) is 18.8. The van der Waals surface area contributed by atoms with Gasteiger partial charge in [0, 0.05) is 17.5 Å². The number of benzene rings is 2. The van der Waals surface area contributed by atoms with E-state index in [2.05, 4.69) is 35.6 Å². The van der Waals surface area contributed by atoms with Crippen LogP contribution in [0.2, 0.25) is 0 Å². The Morgan fingerprint density at radius 3 is 2.63 bits per heavy atom. The standard InChI is InChI=1S/C14H11NO2S2/c16-13-12(15-14(17)19-13)18-8-9-5-6-10-3-1-2-4-11(10)7-9/h1-7,12H,8H2,(H,15,17). The smallest absolute Gasteiger partial charge is 0.288 e. The first-order valence-electron chi connectivity index (χ1n) is 5.84. The number of carbonyl (C=O) groups is 2. The number of carbonyl (C=O) groups excluding carboxylic acids is 2. The lowest BCUT2D eigenvalue weighted by atomic mass is 10.1. The molecule has 1 unspecified atom stereocenters. The third-order valence-corrected chi connectivity index (χ3v) is 4.94. The molecule has 96 valence electrons. The molecule has 3 nitrogen and oxygen atoms in total. The molecule has 1 aliphatic heterocycles. The van der Waals surface area contributed by atoms with Gasteiger partial charge in [0.2, 0.25) is 5.12 Å². The summed E-state index contributed by atoms with van der Waals surface area (Å²) < 4.78 is 0. The summed E-state index contributed by atoms with van der Waals surface area (Å²) in [5, 5.41) is 4.28. The van der Waals surface area contributed by atoms with Crippen LogP contribution in [-0.2, 0) is 10.5 Å². The van der Waals surface area contributed by atoms with Crippen molar-refractivity contribution in [1.82, 2.24) is 5.32 Å². The van der Waals surface area contributed by atoms with Gasteiger partial charge in [-0.2, -0.15) is 0 Å². The van der Waals surface area contributed by atoms with Crippen LogP contribution >= 0.6 is 23.5 Å². The van der Waals surface area contributed by atoms with Crippen molar-refractivity contribution in [1.29, 1.82) is 0 Å². The van der Waals surface area contributed by atoms with Gasteiger partial charge in [-0.25, -0.2) is 0 Å². The predicted molar refractivity (Wildman–Crippen MR) is 80.2 cm³/mol. The van der Waals surface area contributed by atoms with E-state index in [1.165, 1.54) is 22.5 Å². The van der Waals surface area contributed by atoms with E-state index in [-0.39, 0.29) is 10.4 Å². The summed E-state index contributed by atoms with van der Waals surface area (Å²) in [5.41, 5.74) is 1.16. The Balaban J connectivity index is 1.71. The molecule has 19 heavy (non-hydrogen) atoms. The Kier molecular flexibility index (Phi) is 3.48. The van der Waals surface area contributed by atoms with E-state index in [1.807, 2.05) is 12.1 Å². The zero-order valence-corrected chi connectivity index (χ0v) is 11.6. The minimum Gasteiger partial charge on any atom is -0.327 e. The lowest BCUT2D eigenvalue weighted by Gasteiger charge is -2.08. The zero-order chi connectivity index (χ0) is 13.2. The summed E-state index contributed by atoms with van der Waals surface area (Å²) in [7, 11) is 0. The van der Waals surface area contributed by atoms with Gasteiger partial charge in [-0.05, 0) is 16.3 Å². The van der Waals surface area contributed by atoms with Crippen LogP contribution in [0.4, 0.5) is 4.79 Å². The van der Waals surface area contributed by atoms with Crippen LogP contribution in [0, 0.1) is 0 Å². The van der Waals surface area contributed by atoms with Crippen molar-refractivity contribution in [2.24, 2.45) is 0 Å². The van der Waals surface area contributed by atoms with Gasteiger partial charge in [0.25, 0.3) is 5.24 Å². The molecule has 0 aliphatic carbocycles. The van der Waals surface area contributed by atoms with Crippen LogP contribution in [-0.4, -0.2) is 15.7 Å². The lowest BCUT2D eigenvalue weighted by molar-refractivity contribution is -0.110. The number of thioether (sulfide) groups is 2. The first kappa shape index (κ1) is 12.6. The van der Waals surface area contributed by atoms with E-state index in [1.54, 1.807) is 0 Å². The molecular weight excluding hydrogens is 278 g/mol. The molecule has 2 aromatic rings. The maximum absolute atomic E-state index is 11.5. The molecule has 5 heteroatoms. The third kappa shape index (κ3) is 2.77. The lowest BCUT2D eigenvalue weighted by Crippen LogP contribution is -2.25. The van der Waals surface area contributed by atoms with Gasteiger partial charge < -0.3 is 5.32 Å². The van der Waals surface area contributed by atoms with Crippen molar-refractivity contribution in [3.05, 3.63) is 48.0 Å². The Morgan fingerprint density at radius 2 is 1.89 bits per heavy atom. The first-order valence-corrected chi connectivity index (χ1v) is 7.70. The van der Waals surface area contributed by atoms with Gasteiger partial charge in [-0.1, -0.05) is 42.5 Å². The summed E-state index contributed by atoms with van der Waals surface area (Å²) in [6.07, 6.45) is 0. The summed E-state index contributed by atoms with van der Waals surface area (Å²) >= 11 is 2.21. The molecule has 1 amide bonds. The SMILES string of the molecule is O=C1NC(SCc2ccc3ccccc3c2)C(=O)S1. The Hall–Kier alpha value is -1.46. The number of fused-ring (bicyclic) bond motifs is 1. The molecule has 1 fully saturated rings. The van der Waals surface area contributed by atoms with Gasteiger partial charge in [0.05, 0.1) is 0 Å². The van der Waals surface area contributed by atoms with Crippen molar-refractivity contribution < 1.29 is 9.59 Å². The fraction of sp³-hybridized carbons (Fsp3) is 0.143. The summed E-state index contributed by atoms with van der Waals surface area (Å²) in [6, 6.07) is 14.4. The van der Waals surface area contributed by atoms with E-state index in [0.717, 1.165) is 17.3 Å². The molecule has 0 saturated carbocycles. The van der Waals surface area contributed by atoms with Crippen molar-refractivity contribution in [2.75, 3.05) is 0 Å². The first-order chi connectivity index (χ1) is 9.22. The quantitative estimate of drug-likeness (QED) is 0.941. The van der Waals surface area contributed by atoms with E-state index < -0.39 is 5.37 Å². The monoisotopic (exact) mass is 289 g/mol. The van der Waals surface area contributed by atoms with Crippen molar-refractivity contribution in [3.8, 4) is 0 Å². The number of amides is 1. The highest BCUT2D eigenvalue weighted by atomic mass is 32.2. The van der Waals surface area contributed by atoms with Gasteiger partial charge in [-0.15, -0.1) is 11.8 Å². The largest absolute Gasteiger partial charge is 0.327 e. The van der Waals surface area contributed by atoms with Gasteiger partial charge in [0.1, 0.15) is 5.37 Å². The van der Waals surface area contributed by atoms with Crippen molar-refractivity contribution in [2.45, 2.75) is 11.1 Å². The van der Waals surface area contributed by atoms with Crippen molar-refractivity contribution >= 4 is 44.7 Å². The second-order valence-corrected chi connectivity index (χ2v) is 6.30. The maximum Gasteiger partial charge on any atom is 0.288 e. The number of nitrogens with one attached hydrogen (secondary N) is 1. The molecule has 1 aliphatic rings. The maximum atomic E-state index is 11.5. The average molecular weight is 289 g/mol. The molecule has 1 saturated heterocycles. The molecule has 0 bridgehead atoms. The summed E-state index contributed by atoms with van der Waals surface area (Å²) in [5.74, 6) is 0.710. The van der Waals surface area contributed by atoms with Crippen LogP contribution < -0.4 is 5.32 Å². The van der Waals surface area contributed by atoms with E-state index in [4.69, 9.17) is 0 Å². The van der Waals surface area contributed by atoms with Gasteiger partial charge >= 0.3 is 0 Å². The topological polar surface area (TPSA) is 46.2 Å². The number of rotatable bonds is 3. The van der Waals surface area contributed by atoms with Crippen LogP contribution in [0.3, 0.4) is 0 Å². The van der Waals surface area contributed by atoms with Crippen LogP contribution in [0.1, 0.15) is 5.56 Å². The fourth-order valence-corrected chi connectivity index (χ4v) is 3.77. The highest BCUT2D eigenvalue weighted by Crippen LogP contribution is 2.27. The van der Waals surface area contributed by atoms with Crippen molar-refractivity contribution in [3.63, 3.8) is 0 Å². The molecular formula is C14H11NO2S2. The highest BCUT2D eigenvalue weighted by Gasteiger charge is 2.31. The minimum absolute atomic E-state index is 0.101. The van der Waals surface area contributed by atoms with Crippen LogP contribution in [0.15, 0.2) is 42.5 Å². The molecule has 0 radical (unpaired) electrons. The second-order valence-electron chi connectivity index (χ2n) is 4.23. The van der Waals surface area contributed by atoms with E-state index >= 15 is 0 Å². The summed E-state index contributed by atoms with van der Waals surface area (Å²) in [6.45, 7) is 0. The predicted octanol–water partition coefficient (Wildman–Crippen LogP) is 3.38.